The van der Waals surface area contributed by atoms with Crippen LogP contribution in [0.3, 0.4) is 0 Å². The molecule has 1 nitrogen and oxygen atoms in total. The predicted octanol–water partition coefficient (Wildman–Crippen LogP) is 17.0. The van der Waals surface area contributed by atoms with Crippen molar-refractivity contribution in [3.05, 3.63) is 236 Å². The summed E-state index contributed by atoms with van der Waals surface area (Å²) in [5.41, 5.74) is 15.1. The third-order valence-electron chi connectivity index (χ3n) is 11.7. The van der Waals surface area contributed by atoms with Gasteiger partial charge in [-0.1, -0.05) is 189 Å². The van der Waals surface area contributed by atoms with Gasteiger partial charge in [-0.25, -0.2) is 0 Å². The summed E-state index contributed by atoms with van der Waals surface area (Å²) in [7, 11) is 0. The predicted molar refractivity (Wildman–Crippen MR) is 260 cm³/mol. The van der Waals surface area contributed by atoms with Gasteiger partial charge in [0.05, 0.1) is 0 Å². The Morgan fingerprint density at radius 3 is 1.57 bits per heavy atom. The quantitative estimate of drug-likeness (QED) is 0.132. The normalized spacial score (nSPS) is 11.4. The molecule has 0 radical (unpaired) electrons. The third kappa shape index (κ3) is 6.67. The number of anilines is 3. The van der Waals surface area contributed by atoms with Crippen LogP contribution in [0.5, 0.6) is 0 Å². The summed E-state index contributed by atoms with van der Waals surface area (Å²) in [6, 6.07) is 77.0. The minimum atomic E-state index is 1.08. The van der Waals surface area contributed by atoms with Gasteiger partial charge in [0.25, 0.3) is 0 Å². The molecule has 10 rings (SSSR count). The van der Waals surface area contributed by atoms with Crippen molar-refractivity contribution >= 4 is 61.5 Å². The number of fused-ring (bicyclic) bond motifs is 4. The smallest absolute Gasteiger partial charge is 0.0467 e. The Morgan fingerprint density at radius 1 is 0.350 bits per heavy atom. The molecule has 0 saturated carbocycles. The zero-order valence-electron chi connectivity index (χ0n) is 33.6. The lowest BCUT2D eigenvalue weighted by molar-refractivity contribution is 1.28. The monoisotopic (exact) mass is 765 g/mol. The van der Waals surface area contributed by atoms with E-state index in [-0.39, 0.29) is 0 Å². The van der Waals surface area contributed by atoms with E-state index in [1.165, 1.54) is 76.8 Å². The molecule has 0 aliphatic carbocycles. The first kappa shape index (κ1) is 36.6. The second-order valence-corrected chi connectivity index (χ2v) is 15.3. The van der Waals surface area contributed by atoms with Gasteiger partial charge >= 0.3 is 0 Å². The molecule has 0 spiro atoms. The van der Waals surface area contributed by atoms with Gasteiger partial charge in [-0.2, -0.15) is 0 Å². The molecule has 1 heteroatoms. The minimum absolute atomic E-state index is 1.08. The molecule has 0 atom stereocenters. The highest BCUT2D eigenvalue weighted by Gasteiger charge is 2.18. The molecule has 284 valence electrons. The number of nitrogens with zero attached hydrogens (tertiary/aromatic N) is 1. The van der Waals surface area contributed by atoms with E-state index in [1.54, 1.807) is 0 Å². The SMILES string of the molecule is C=Cc1c(-c2ccccc2-c2ccc(N(c3ccc(-c4cc5ccccc5c5ccccc45)cc3)c3cccc(-c4ccccc4)c3)cc2)cc2ccccc2c1/C=C\C. The van der Waals surface area contributed by atoms with E-state index in [2.05, 4.69) is 243 Å². The van der Waals surface area contributed by atoms with E-state index in [0.29, 0.717) is 0 Å². The maximum atomic E-state index is 4.29. The van der Waals surface area contributed by atoms with E-state index in [0.717, 1.165) is 28.2 Å². The van der Waals surface area contributed by atoms with Crippen LogP contribution in [0.1, 0.15) is 18.1 Å². The molecule has 60 heavy (non-hydrogen) atoms. The maximum Gasteiger partial charge on any atom is 0.0467 e. The van der Waals surface area contributed by atoms with E-state index >= 15 is 0 Å². The van der Waals surface area contributed by atoms with Crippen molar-refractivity contribution < 1.29 is 0 Å². The van der Waals surface area contributed by atoms with E-state index < -0.39 is 0 Å². The zero-order chi connectivity index (χ0) is 40.4. The van der Waals surface area contributed by atoms with E-state index in [9.17, 15) is 0 Å². The van der Waals surface area contributed by atoms with Gasteiger partial charge < -0.3 is 4.90 Å². The molecule has 0 bridgehead atoms. The lowest BCUT2D eigenvalue weighted by Crippen LogP contribution is -2.10. The van der Waals surface area contributed by atoms with Crippen molar-refractivity contribution in [3.8, 4) is 44.5 Å². The second-order valence-electron chi connectivity index (χ2n) is 15.3. The highest BCUT2D eigenvalue weighted by molar-refractivity contribution is 6.14. The summed E-state index contributed by atoms with van der Waals surface area (Å²) in [5, 5.41) is 7.50. The van der Waals surface area contributed by atoms with Crippen LogP contribution in [-0.4, -0.2) is 0 Å². The number of rotatable bonds is 9. The van der Waals surface area contributed by atoms with Crippen molar-refractivity contribution in [1.82, 2.24) is 0 Å². The summed E-state index contributed by atoms with van der Waals surface area (Å²) in [6.45, 7) is 6.37. The average molecular weight is 766 g/mol. The van der Waals surface area contributed by atoms with Crippen LogP contribution in [0.2, 0.25) is 0 Å². The summed E-state index contributed by atoms with van der Waals surface area (Å²) < 4.78 is 0. The van der Waals surface area contributed by atoms with Crippen molar-refractivity contribution in [2.45, 2.75) is 6.92 Å². The lowest BCUT2D eigenvalue weighted by Gasteiger charge is -2.27. The molecule has 0 N–H and O–H groups in total. The number of hydrogen-bond donors (Lipinski definition) is 0. The van der Waals surface area contributed by atoms with Gasteiger partial charge in [-0.15, -0.1) is 0 Å². The lowest BCUT2D eigenvalue weighted by atomic mass is 9.87. The molecule has 0 aliphatic heterocycles. The summed E-state index contributed by atoms with van der Waals surface area (Å²) in [5.74, 6) is 0. The van der Waals surface area contributed by atoms with Crippen LogP contribution >= 0.6 is 0 Å². The Labute approximate surface area is 352 Å². The molecule has 0 fully saturated rings. The van der Waals surface area contributed by atoms with Crippen LogP contribution in [0.15, 0.2) is 225 Å². The fourth-order valence-electron chi connectivity index (χ4n) is 8.93. The standard InChI is InChI=1S/C59H43N/c1-3-17-54-50(4-2)59(40-46-21-9-10-25-52(46)54)56-28-13-12-24-51(56)42-30-34-47(35-31-42)60(49-23-16-22-44(38-49)41-18-6-5-7-19-41)48-36-32-43(33-37-48)58-39-45-20-8-11-26-53(45)55-27-14-15-29-57(55)58/h3-40H,2H2,1H3/b17-3-. The van der Waals surface area contributed by atoms with E-state index in [4.69, 9.17) is 0 Å². The van der Waals surface area contributed by atoms with Gasteiger partial charge in [-0.3, -0.25) is 0 Å². The number of benzene rings is 10. The van der Waals surface area contributed by atoms with Crippen LogP contribution in [0.4, 0.5) is 17.1 Å². The van der Waals surface area contributed by atoms with Gasteiger partial charge in [-0.05, 0) is 143 Å². The summed E-state index contributed by atoms with van der Waals surface area (Å²) >= 11 is 0. The summed E-state index contributed by atoms with van der Waals surface area (Å²) in [6.07, 6.45) is 6.33. The highest BCUT2D eigenvalue weighted by Crippen LogP contribution is 2.43. The first-order valence-corrected chi connectivity index (χ1v) is 20.7. The molecule has 10 aromatic carbocycles. The van der Waals surface area contributed by atoms with E-state index in [1.807, 2.05) is 6.08 Å². The molecular weight excluding hydrogens is 723 g/mol. The Balaban J connectivity index is 1.08. The molecule has 0 aliphatic rings. The van der Waals surface area contributed by atoms with Crippen molar-refractivity contribution in [2.24, 2.45) is 0 Å². The third-order valence-corrected chi connectivity index (χ3v) is 11.7. The Morgan fingerprint density at radius 2 is 0.883 bits per heavy atom. The van der Waals surface area contributed by atoms with Crippen LogP contribution in [0, 0.1) is 0 Å². The number of allylic oxidation sites excluding steroid dienone is 1. The highest BCUT2D eigenvalue weighted by atomic mass is 15.1. The molecule has 0 amide bonds. The van der Waals surface area contributed by atoms with Crippen LogP contribution < -0.4 is 4.90 Å². The van der Waals surface area contributed by atoms with Gasteiger partial charge in [0.1, 0.15) is 0 Å². The molecule has 0 saturated heterocycles. The molecule has 10 aromatic rings. The van der Waals surface area contributed by atoms with Crippen molar-refractivity contribution in [2.75, 3.05) is 4.90 Å². The zero-order valence-corrected chi connectivity index (χ0v) is 33.6. The minimum Gasteiger partial charge on any atom is -0.310 e. The van der Waals surface area contributed by atoms with Crippen molar-refractivity contribution in [3.63, 3.8) is 0 Å². The largest absolute Gasteiger partial charge is 0.310 e. The fraction of sp³-hybridized carbons (Fsp3) is 0.0169. The number of hydrogen-bond acceptors (Lipinski definition) is 1. The molecular formula is C59H43N. The Kier molecular flexibility index (Phi) is 9.69. The van der Waals surface area contributed by atoms with Crippen LogP contribution in [0.25, 0.3) is 89.0 Å². The topological polar surface area (TPSA) is 3.24 Å². The molecule has 0 aromatic heterocycles. The summed E-state index contributed by atoms with van der Waals surface area (Å²) in [4.78, 5) is 2.37. The maximum absolute atomic E-state index is 4.29. The van der Waals surface area contributed by atoms with Gasteiger partial charge in [0.2, 0.25) is 0 Å². The Hall–Kier alpha value is -7.74. The molecule has 0 heterocycles. The van der Waals surface area contributed by atoms with Crippen LogP contribution in [-0.2, 0) is 0 Å². The first-order valence-electron chi connectivity index (χ1n) is 20.7. The Bertz CT molecular complexity index is 3210. The molecule has 0 unspecified atom stereocenters. The average Bonchev–Trinajstić information content (AvgIpc) is 3.32. The second kappa shape index (κ2) is 15.9. The van der Waals surface area contributed by atoms with Crippen molar-refractivity contribution in [1.29, 1.82) is 0 Å². The fourth-order valence-corrected chi connectivity index (χ4v) is 8.93. The van der Waals surface area contributed by atoms with Gasteiger partial charge in [0, 0.05) is 17.1 Å². The van der Waals surface area contributed by atoms with Gasteiger partial charge in [0.15, 0.2) is 0 Å². The first-order chi connectivity index (χ1) is 29.7.